The number of carboxylic acids is 1. The average Bonchev–Trinajstić information content (AvgIpc) is 2.48. The van der Waals surface area contributed by atoms with Crippen molar-refractivity contribution in [2.75, 3.05) is 26.2 Å². The fourth-order valence-electron chi connectivity index (χ4n) is 3.75. The van der Waals surface area contributed by atoms with Crippen LogP contribution in [0.25, 0.3) is 0 Å². The van der Waals surface area contributed by atoms with Gasteiger partial charge in [0.2, 0.25) is 0 Å². The predicted molar refractivity (Wildman–Crippen MR) is 103 cm³/mol. The molecule has 0 radical (unpaired) electrons. The van der Waals surface area contributed by atoms with Crippen molar-refractivity contribution in [1.82, 2.24) is 9.80 Å². The zero-order valence-electron chi connectivity index (χ0n) is 16.6. The first-order chi connectivity index (χ1) is 11.6. The summed E-state index contributed by atoms with van der Waals surface area (Å²) < 4.78 is 0. The minimum Gasteiger partial charge on any atom is -0.480 e. The number of carbonyl (C=O) groups is 1. The van der Waals surface area contributed by atoms with E-state index in [9.17, 15) is 9.90 Å². The van der Waals surface area contributed by atoms with E-state index in [4.69, 9.17) is 0 Å². The van der Waals surface area contributed by atoms with Crippen LogP contribution >= 0.6 is 0 Å². The minimum absolute atomic E-state index is 0.0764. The summed E-state index contributed by atoms with van der Waals surface area (Å²) in [6.07, 6.45) is 0. The summed E-state index contributed by atoms with van der Waals surface area (Å²) in [7, 11) is 0. The van der Waals surface area contributed by atoms with E-state index in [0.29, 0.717) is 5.92 Å². The summed E-state index contributed by atoms with van der Waals surface area (Å²) in [6, 6.07) is 7.80. The molecule has 1 heterocycles. The van der Waals surface area contributed by atoms with Crippen molar-refractivity contribution in [1.29, 1.82) is 0 Å². The maximum absolute atomic E-state index is 12.0. The highest BCUT2D eigenvalue weighted by Crippen LogP contribution is 2.29. The monoisotopic (exact) mass is 346 g/mol. The van der Waals surface area contributed by atoms with Crippen LogP contribution in [0.4, 0.5) is 0 Å². The number of rotatable bonds is 5. The van der Waals surface area contributed by atoms with Crippen LogP contribution in [0.2, 0.25) is 0 Å². The van der Waals surface area contributed by atoms with Crippen LogP contribution in [0.1, 0.15) is 58.7 Å². The van der Waals surface area contributed by atoms with Gasteiger partial charge in [0, 0.05) is 32.2 Å². The van der Waals surface area contributed by atoms with Crippen LogP contribution in [-0.4, -0.2) is 53.1 Å². The Morgan fingerprint density at radius 3 is 2.24 bits per heavy atom. The quantitative estimate of drug-likeness (QED) is 0.881. The van der Waals surface area contributed by atoms with Crippen LogP contribution in [-0.2, 0) is 10.2 Å². The van der Waals surface area contributed by atoms with Gasteiger partial charge in [0.1, 0.15) is 6.04 Å². The smallest absolute Gasteiger partial charge is 0.325 e. The lowest BCUT2D eigenvalue weighted by Crippen LogP contribution is -2.54. The summed E-state index contributed by atoms with van der Waals surface area (Å²) in [6.45, 7) is 16.9. The van der Waals surface area contributed by atoms with E-state index in [-0.39, 0.29) is 11.5 Å². The van der Waals surface area contributed by atoms with Crippen molar-refractivity contribution < 1.29 is 9.90 Å². The number of hydrogen-bond donors (Lipinski definition) is 1. The molecule has 1 fully saturated rings. The predicted octanol–water partition coefficient (Wildman–Crippen LogP) is 3.77. The molecule has 2 atom stereocenters. The molecule has 0 amide bonds. The number of nitrogens with zero attached hydrogens (tertiary/aromatic N) is 2. The second-order valence-corrected chi connectivity index (χ2v) is 8.85. The largest absolute Gasteiger partial charge is 0.480 e. The molecule has 2 unspecified atom stereocenters. The Balaban J connectivity index is 2.17. The van der Waals surface area contributed by atoms with Gasteiger partial charge in [-0.3, -0.25) is 9.69 Å². The van der Waals surface area contributed by atoms with Gasteiger partial charge in [0.05, 0.1) is 0 Å². The number of hydrogen-bond acceptors (Lipinski definition) is 3. The molecule has 1 aromatic rings. The Labute approximate surface area is 152 Å². The van der Waals surface area contributed by atoms with E-state index in [1.807, 2.05) is 12.1 Å². The minimum atomic E-state index is -0.757. The van der Waals surface area contributed by atoms with Gasteiger partial charge in [-0.2, -0.15) is 0 Å². The molecule has 4 nitrogen and oxygen atoms in total. The van der Waals surface area contributed by atoms with Crippen LogP contribution in [0.5, 0.6) is 0 Å². The third kappa shape index (κ3) is 5.05. The second kappa shape index (κ2) is 7.88. The van der Waals surface area contributed by atoms with Crippen molar-refractivity contribution in [2.45, 2.75) is 59.0 Å². The Hall–Kier alpha value is -1.39. The standard InChI is InChI=1S/C21H34N2O2/c1-15(2)13-22-11-12-23(16(3)14-22)19(20(24)25)17-7-9-18(10-8-17)21(4,5)6/h7-10,15-16,19H,11-14H2,1-6H3,(H,24,25). The molecule has 0 aromatic heterocycles. The molecule has 4 heteroatoms. The molecule has 1 saturated heterocycles. The topological polar surface area (TPSA) is 43.8 Å². The molecule has 1 aliphatic rings. The lowest BCUT2D eigenvalue weighted by Gasteiger charge is -2.43. The Kier molecular flexibility index (Phi) is 6.28. The van der Waals surface area contributed by atoms with Gasteiger partial charge < -0.3 is 10.0 Å². The molecule has 25 heavy (non-hydrogen) atoms. The highest BCUT2D eigenvalue weighted by atomic mass is 16.4. The van der Waals surface area contributed by atoms with E-state index < -0.39 is 12.0 Å². The maximum atomic E-state index is 12.0. The van der Waals surface area contributed by atoms with Crippen molar-refractivity contribution in [3.05, 3.63) is 35.4 Å². The van der Waals surface area contributed by atoms with E-state index in [1.54, 1.807) is 0 Å². The van der Waals surface area contributed by atoms with Crippen LogP contribution < -0.4 is 0 Å². The number of piperazine rings is 1. The van der Waals surface area contributed by atoms with Gasteiger partial charge in [-0.1, -0.05) is 58.9 Å². The first-order valence-corrected chi connectivity index (χ1v) is 9.41. The summed E-state index contributed by atoms with van der Waals surface area (Å²) in [5.74, 6) is -0.119. The van der Waals surface area contributed by atoms with Crippen molar-refractivity contribution in [3.8, 4) is 0 Å². The highest BCUT2D eigenvalue weighted by molar-refractivity contribution is 5.75. The lowest BCUT2D eigenvalue weighted by atomic mass is 9.86. The van der Waals surface area contributed by atoms with Gasteiger partial charge in [-0.15, -0.1) is 0 Å². The zero-order chi connectivity index (χ0) is 18.8. The van der Waals surface area contributed by atoms with Crippen molar-refractivity contribution in [2.24, 2.45) is 5.92 Å². The molecular weight excluding hydrogens is 312 g/mol. The van der Waals surface area contributed by atoms with E-state index in [2.05, 4.69) is 63.5 Å². The maximum Gasteiger partial charge on any atom is 0.325 e. The normalized spacial score (nSPS) is 21.5. The van der Waals surface area contributed by atoms with Crippen molar-refractivity contribution >= 4 is 5.97 Å². The molecule has 2 rings (SSSR count). The van der Waals surface area contributed by atoms with Gasteiger partial charge in [0.15, 0.2) is 0 Å². The third-order valence-corrected chi connectivity index (χ3v) is 5.04. The zero-order valence-corrected chi connectivity index (χ0v) is 16.6. The first kappa shape index (κ1) is 19.9. The summed E-state index contributed by atoms with van der Waals surface area (Å²) in [4.78, 5) is 16.6. The van der Waals surface area contributed by atoms with Crippen molar-refractivity contribution in [3.63, 3.8) is 0 Å². The summed E-state index contributed by atoms with van der Waals surface area (Å²) in [5, 5.41) is 9.88. The molecular formula is C21H34N2O2. The van der Waals surface area contributed by atoms with Crippen LogP contribution in [0, 0.1) is 5.92 Å². The Bertz CT molecular complexity index is 575. The molecule has 1 aliphatic heterocycles. The number of benzene rings is 1. The van der Waals surface area contributed by atoms with E-state index >= 15 is 0 Å². The third-order valence-electron chi connectivity index (χ3n) is 5.04. The van der Waals surface area contributed by atoms with Gasteiger partial charge >= 0.3 is 5.97 Å². The van der Waals surface area contributed by atoms with Gasteiger partial charge in [-0.25, -0.2) is 0 Å². The van der Waals surface area contributed by atoms with Crippen LogP contribution in [0.15, 0.2) is 24.3 Å². The second-order valence-electron chi connectivity index (χ2n) is 8.85. The lowest BCUT2D eigenvalue weighted by molar-refractivity contribution is -0.145. The fraction of sp³-hybridized carbons (Fsp3) is 0.667. The highest BCUT2D eigenvalue weighted by Gasteiger charge is 2.34. The Morgan fingerprint density at radius 1 is 1.20 bits per heavy atom. The van der Waals surface area contributed by atoms with E-state index in [0.717, 1.165) is 31.7 Å². The van der Waals surface area contributed by atoms with E-state index in [1.165, 1.54) is 5.56 Å². The number of aliphatic carboxylic acids is 1. The van der Waals surface area contributed by atoms with Crippen LogP contribution in [0.3, 0.4) is 0 Å². The van der Waals surface area contributed by atoms with Gasteiger partial charge in [0.25, 0.3) is 0 Å². The molecule has 140 valence electrons. The Morgan fingerprint density at radius 2 is 1.80 bits per heavy atom. The molecule has 0 aliphatic carbocycles. The first-order valence-electron chi connectivity index (χ1n) is 9.41. The molecule has 0 spiro atoms. The molecule has 0 saturated carbocycles. The average molecular weight is 347 g/mol. The summed E-state index contributed by atoms with van der Waals surface area (Å²) >= 11 is 0. The fourth-order valence-corrected chi connectivity index (χ4v) is 3.75. The molecule has 1 N–H and O–H groups in total. The molecule has 0 bridgehead atoms. The number of carboxylic acid groups (broad SMARTS) is 1. The SMILES string of the molecule is CC(C)CN1CCN(C(C(=O)O)c2ccc(C(C)(C)C)cc2)C(C)C1. The molecule has 1 aromatic carbocycles. The summed E-state index contributed by atoms with van der Waals surface area (Å²) in [5.41, 5.74) is 2.19. The van der Waals surface area contributed by atoms with Gasteiger partial charge in [-0.05, 0) is 29.4 Å².